The average molecular weight is 473 g/mol. The highest BCUT2D eigenvalue weighted by atomic mass is 32.2. The molecule has 0 radical (unpaired) electrons. The van der Waals surface area contributed by atoms with Gasteiger partial charge in [0.2, 0.25) is 5.91 Å². The predicted molar refractivity (Wildman–Crippen MR) is 126 cm³/mol. The normalized spacial score (nSPS) is 14.6. The molecule has 4 rings (SSSR count). The molecule has 0 aliphatic carbocycles. The third kappa shape index (κ3) is 4.61. The minimum atomic E-state index is -3.32. The molecule has 1 aromatic heterocycles. The number of carbonyl (C=O) groups excluding carboxylic acids is 2. The van der Waals surface area contributed by atoms with Crippen molar-refractivity contribution in [1.82, 2.24) is 9.88 Å². The fourth-order valence-corrected chi connectivity index (χ4v) is 5.17. The van der Waals surface area contributed by atoms with Crippen LogP contribution in [-0.4, -0.2) is 56.1 Å². The first-order chi connectivity index (χ1) is 15.1. The third-order valence-electron chi connectivity index (χ3n) is 5.34. The number of anilines is 2. The first kappa shape index (κ1) is 22.2. The van der Waals surface area contributed by atoms with E-state index in [1.165, 1.54) is 27.9 Å². The molecule has 0 atom stereocenters. The molecule has 1 aliphatic heterocycles. The first-order valence-electron chi connectivity index (χ1n) is 10.2. The molecule has 1 aliphatic rings. The van der Waals surface area contributed by atoms with Gasteiger partial charge in [-0.25, -0.2) is 18.2 Å². The van der Waals surface area contributed by atoms with E-state index in [9.17, 15) is 18.0 Å². The van der Waals surface area contributed by atoms with Crippen LogP contribution >= 0.6 is 11.3 Å². The van der Waals surface area contributed by atoms with Gasteiger partial charge in [0, 0.05) is 25.0 Å². The zero-order chi connectivity index (χ0) is 23.0. The molecule has 0 spiro atoms. The summed E-state index contributed by atoms with van der Waals surface area (Å²) in [4.78, 5) is 33.0. The van der Waals surface area contributed by atoms with Gasteiger partial charge in [0.25, 0.3) is 0 Å². The maximum absolute atomic E-state index is 12.8. The Morgan fingerprint density at radius 3 is 2.53 bits per heavy atom. The maximum atomic E-state index is 12.8. The quantitative estimate of drug-likeness (QED) is 0.590. The highest BCUT2D eigenvalue weighted by Gasteiger charge is 2.31. The molecule has 8 nitrogen and oxygen atoms in total. The van der Waals surface area contributed by atoms with Crippen LogP contribution in [-0.2, 0) is 14.6 Å². The number of nitrogens with one attached hydrogen (secondary N) is 1. The van der Waals surface area contributed by atoms with Gasteiger partial charge in [-0.3, -0.25) is 9.69 Å². The molecule has 0 saturated carbocycles. The van der Waals surface area contributed by atoms with Crippen molar-refractivity contribution in [3.05, 3.63) is 48.0 Å². The highest BCUT2D eigenvalue weighted by Crippen LogP contribution is 2.28. The third-order valence-corrected chi connectivity index (χ3v) is 7.38. The zero-order valence-corrected chi connectivity index (χ0v) is 19.7. The Balaban J connectivity index is 1.40. The van der Waals surface area contributed by atoms with Crippen molar-refractivity contribution in [3.8, 4) is 0 Å². The topological polar surface area (TPSA) is 99.7 Å². The molecular formula is C22H24N4O4S2. The number of thiazole rings is 1. The Kier molecular flexibility index (Phi) is 5.91. The van der Waals surface area contributed by atoms with Crippen LogP contribution in [0.15, 0.2) is 47.4 Å². The average Bonchev–Trinajstić information content (AvgIpc) is 3.29. The molecule has 2 heterocycles. The SMILES string of the molecule is CC(C)c1ccc(N2CCN(CC(=O)Nc3nc4ccc(S(C)(=O)=O)cc4s3)C2=O)cc1. The van der Waals surface area contributed by atoms with Gasteiger partial charge < -0.3 is 10.2 Å². The van der Waals surface area contributed by atoms with Gasteiger partial charge in [-0.2, -0.15) is 0 Å². The number of carbonyl (C=O) groups is 2. The maximum Gasteiger partial charge on any atom is 0.325 e. The van der Waals surface area contributed by atoms with Crippen LogP contribution in [0.25, 0.3) is 10.2 Å². The summed E-state index contributed by atoms with van der Waals surface area (Å²) in [7, 11) is -3.32. The van der Waals surface area contributed by atoms with Gasteiger partial charge in [-0.1, -0.05) is 37.3 Å². The van der Waals surface area contributed by atoms with Crippen molar-refractivity contribution in [3.63, 3.8) is 0 Å². The second-order valence-corrected chi connectivity index (χ2v) is 11.1. The van der Waals surface area contributed by atoms with Gasteiger partial charge >= 0.3 is 6.03 Å². The smallest absolute Gasteiger partial charge is 0.313 e. The largest absolute Gasteiger partial charge is 0.325 e. The Labute approximate surface area is 190 Å². The van der Waals surface area contributed by atoms with Gasteiger partial charge in [0.05, 0.1) is 15.1 Å². The minimum Gasteiger partial charge on any atom is -0.313 e. The molecule has 3 aromatic rings. The van der Waals surface area contributed by atoms with Crippen molar-refractivity contribution >= 4 is 54.1 Å². The number of hydrogen-bond donors (Lipinski definition) is 1. The van der Waals surface area contributed by atoms with Gasteiger partial charge in [-0.05, 0) is 41.8 Å². The number of nitrogens with zero attached hydrogens (tertiary/aromatic N) is 3. The Morgan fingerprint density at radius 2 is 1.88 bits per heavy atom. The monoisotopic (exact) mass is 472 g/mol. The van der Waals surface area contributed by atoms with Crippen molar-refractivity contribution in [2.45, 2.75) is 24.7 Å². The number of rotatable bonds is 6. The van der Waals surface area contributed by atoms with Crippen molar-refractivity contribution in [2.24, 2.45) is 0 Å². The van der Waals surface area contributed by atoms with Gasteiger partial charge in [0.1, 0.15) is 6.54 Å². The second kappa shape index (κ2) is 8.51. The fourth-order valence-electron chi connectivity index (χ4n) is 3.53. The molecule has 1 fully saturated rings. The number of sulfone groups is 1. The van der Waals surface area contributed by atoms with E-state index in [4.69, 9.17) is 0 Å². The van der Waals surface area contributed by atoms with Crippen molar-refractivity contribution in [1.29, 1.82) is 0 Å². The van der Waals surface area contributed by atoms with E-state index in [0.717, 1.165) is 11.9 Å². The summed E-state index contributed by atoms with van der Waals surface area (Å²) >= 11 is 1.19. The lowest BCUT2D eigenvalue weighted by atomic mass is 10.0. The van der Waals surface area contributed by atoms with E-state index in [1.807, 2.05) is 24.3 Å². The van der Waals surface area contributed by atoms with E-state index in [0.29, 0.717) is 34.4 Å². The van der Waals surface area contributed by atoms with Gasteiger partial charge in [0.15, 0.2) is 15.0 Å². The summed E-state index contributed by atoms with van der Waals surface area (Å²) in [5.74, 6) is 0.0664. The highest BCUT2D eigenvalue weighted by molar-refractivity contribution is 7.90. The first-order valence-corrected chi connectivity index (χ1v) is 12.9. The molecule has 2 aromatic carbocycles. The predicted octanol–water partition coefficient (Wildman–Crippen LogP) is 3.70. The van der Waals surface area contributed by atoms with Crippen LogP contribution < -0.4 is 10.2 Å². The van der Waals surface area contributed by atoms with Crippen LogP contribution in [0, 0.1) is 0 Å². The van der Waals surface area contributed by atoms with Crippen molar-refractivity contribution in [2.75, 3.05) is 36.1 Å². The van der Waals surface area contributed by atoms with Crippen LogP contribution in [0.4, 0.5) is 15.6 Å². The molecule has 1 N–H and O–H groups in total. The van der Waals surface area contributed by atoms with E-state index >= 15 is 0 Å². The Hall–Kier alpha value is -2.98. The van der Waals surface area contributed by atoms with E-state index < -0.39 is 9.84 Å². The number of fused-ring (bicyclic) bond motifs is 1. The van der Waals surface area contributed by atoms with Crippen molar-refractivity contribution < 1.29 is 18.0 Å². The van der Waals surface area contributed by atoms with Crippen LogP contribution in [0.5, 0.6) is 0 Å². The Morgan fingerprint density at radius 1 is 1.16 bits per heavy atom. The number of aromatic nitrogens is 1. The molecule has 1 saturated heterocycles. The summed E-state index contributed by atoms with van der Waals surface area (Å²) in [6.45, 7) is 5.13. The molecule has 0 bridgehead atoms. The van der Waals surface area contributed by atoms with E-state index in [2.05, 4.69) is 24.1 Å². The van der Waals surface area contributed by atoms with E-state index in [-0.39, 0.29) is 23.4 Å². The number of urea groups is 1. The lowest BCUT2D eigenvalue weighted by Gasteiger charge is -2.19. The number of hydrogen-bond acceptors (Lipinski definition) is 6. The second-order valence-electron chi connectivity index (χ2n) is 8.07. The zero-order valence-electron chi connectivity index (χ0n) is 18.0. The lowest BCUT2D eigenvalue weighted by molar-refractivity contribution is -0.116. The van der Waals surface area contributed by atoms with Gasteiger partial charge in [-0.15, -0.1) is 0 Å². The fraction of sp³-hybridized carbons (Fsp3) is 0.318. The molecule has 10 heteroatoms. The number of benzene rings is 2. The van der Waals surface area contributed by atoms with E-state index in [1.54, 1.807) is 17.0 Å². The van der Waals surface area contributed by atoms with Crippen LogP contribution in [0.2, 0.25) is 0 Å². The molecule has 0 unspecified atom stereocenters. The summed E-state index contributed by atoms with van der Waals surface area (Å²) in [5, 5.41) is 3.08. The standard InChI is InChI=1S/C22H24N4O4S2/c1-14(2)15-4-6-16(7-5-15)26-11-10-25(22(26)28)13-20(27)24-21-23-18-9-8-17(32(3,29)30)12-19(18)31-21/h4-9,12,14H,10-11,13H2,1-3H3,(H,23,24,27). The molecular weight excluding hydrogens is 448 g/mol. The van der Waals surface area contributed by atoms with Crippen LogP contribution in [0.3, 0.4) is 0 Å². The lowest BCUT2D eigenvalue weighted by Crippen LogP contribution is -2.37. The Bertz CT molecular complexity index is 1280. The molecule has 168 valence electrons. The summed E-state index contributed by atoms with van der Waals surface area (Å²) < 4.78 is 24.1. The summed E-state index contributed by atoms with van der Waals surface area (Å²) in [5.41, 5.74) is 2.62. The minimum absolute atomic E-state index is 0.0794. The summed E-state index contributed by atoms with van der Waals surface area (Å²) in [6, 6.07) is 12.4. The molecule has 32 heavy (non-hydrogen) atoms. The number of amides is 3. The summed E-state index contributed by atoms with van der Waals surface area (Å²) in [6.07, 6.45) is 1.15. The molecule has 3 amide bonds. The van der Waals surface area contributed by atoms with Crippen LogP contribution in [0.1, 0.15) is 25.3 Å².